The second kappa shape index (κ2) is 7.80. The Hall–Kier alpha value is -2.65. The zero-order valence-corrected chi connectivity index (χ0v) is 17.5. The predicted octanol–water partition coefficient (Wildman–Crippen LogP) is 2.89. The zero-order valence-electron chi connectivity index (χ0n) is 17.5. The molecular weight excluding hydrogens is 413 g/mol. The molecule has 2 aliphatic rings. The van der Waals surface area contributed by atoms with Crippen molar-refractivity contribution in [2.75, 3.05) is 6.54 Å². The van der Waals surface area contributed by atoms with Crippen LogP contribution in [-0.2, 0) is 25.1 Å². The Morgan fingerprint density at radius 2 is 1.77 bits per heavy atom. The van der Waals surface area contributed by atoms with Crippen molar-refractivity contribution in [1.82, 2.24) is 19.0 Å². The lowest BCUT2D eigenvalue weighted by Crippen LogP contribution is -2.39. The summed E-state index contributed by atoms with van der Waals surface area (Å²) >= 11 is 0. The van der Waals surface area contributed by atoms with Crippen LogP contribution in [0.2, 0.25) is 0 Å². The molecule has 0 spiro atoms. The molecule has 1 saturated carbocycles. The summed E-state index contributed by atoms with van der Waals surface area (Å²) in [5.74, 6) is 0.260. The van der Waals surface area contributed by atoms with Gasteiger partial charge in [0.2, 0.25) is 5.91 Å². The van der Waals surface area contributed by atoms with Gasteiger partial charge in [-0.05, 0) is 37.7 Å². The highest BCUT2D eigenvalue weighted by Gasteiger charge is 2.39. The monoisotopic (exact) mass is 438 g/mol. The molecule has 2 fully saturated rings. The molecule has 2 aromatic heterocycles. The van der Waals surface area contributed by atoms with E-state index in [-0.39, 0.29) is 17.2 Å². The first-order chi connectivity index (χ1) is 14.6. The van der Waals surface area contributed by atoms with Crippen LogP contribution in [0, 0.1) is 5.92 Å². The molecule has 1 saturated heterocycles. The Kier molecular flexibility index (Phi) is 5.43. The molecule has 0 aromatic carbocycles. The highest BCUT2D eigenvalue weighted by molar-refractivity contribution is 5.80. The summed E-state index contributed by atoms with van der Waals surface area (Å²) in [4.78, 5) is 43.7. The van der Waals surface area contributed by atoms with E-state index in [9.17, 15) is 27.6 Å². The van der Waals surface area contributed by atoms with Crippen LogP contribution in [0.3, 0.4) is 0 Å². The fraction of sp³-hybridized carbons (Fsp3) is 0.619. The molecule has 1 amide bonds. The van der Waals surface area contributed by atoms with Gasteiger partial charge in [-0.1, -0.05) is 12.8 Å². The second-order valence-electron chi connectivity index (χ2n) is 8.60. The summed E-state index contributed by atoms with van der Waals surface area (Å²) in [7, 11) is 2.43. The lowest BCUT2D eigenvalue weighted by atomic mass is 10.0. The third-order valence-corrected chi connectivity index (χ3v) is 6.59. The molecule has 0 N–H and O–H groups in total. The van der Waals surface area contributed by atoms with Gasteiger partial charge in [0.05, 0.1) is 22.7 Å². The number of alkyl halides is 3. The average molecular weight is 438 g/mol. The molecule has 4 rings (SSSR count). The first-order valence-corrected chi connectivity index (χ1v) is 10.6. The molecule has 1 aliphatic carbocycles. The predicted molar refractivity (Wildman–Crippen MR) is 107 cm³/mol. The standard InChI is InChI=1S/C21H25F3N4O3/c1-26-18-17(19(30)27(2)20(26)31)13(21(22,23)24)11-14(25-18)15-8-5-9-28(15)16(29)10-12-6-3-4-7-12/h11-12,15H,3-10H2,1-2H3/t15-/m0/s1. The van der Waals surface area contributed by atoms with Crippen LogP contribution in [-0.4, -0.2) is 31.5 Å². The molecule has 10 heteroatoms. The highest BCUT2D eigenvalue weighted by Crippen LogP contribution is 2.38. The minimum Gasteiger partial charge on any atom is -0.334 e. The SMILES string of the molecule is Cn1c(=O)c2c(C(F)(F)F)cc([C@@H]3CCCN3C(=O)CC3CCCC3)nc2n(C)c1=O. The number of likely N-dealkylation sites (tertiary alicyclic amines) is 1. The van der Waals surface area contributed by atoms with Crippen LogP contribution >= 0.6 is 0 Å². The van der Waals surface area contributed by atoms with Crippen molar-refractivity contribution in [3.05, 3.63) is 38.2 Å². The van der Waals surface area contributed by atoms with Crippen LogP contribution in [0.4, 0.5) is 13.2 Å². The third-order valence-electron chi connectivity index (χ3n) is 6.59. The summed E-state index contributed by atoms with van der Waals surface area (Å²) in [5.41, 5.74) is -3.16. The van der Waals surface area contributed by atoms with E-state index in [2.05, 4.69) is 4.98 Å². The zero-order chi connectivity index (χ0) is 22.5. The van der Waals surface area contributed by atoms with E-state index in [4.69, 9.17) is 0 Å². The topological polar surface area (TPSA) is 77.2 Å². The van der Waals surface area contributed by atoms with Gasteiger partial charge in [-0.3, -0.25) is 18.7 Å². The Balaban J connectivity index is 1.83. The van der Waals surface area contributed by atoms with Gasteiger partial charge in [0.25, 0.3) is 5.56 Å². The number of halogens is 3. The van der Waals surface area contributed by atoms with E-state index < -0.39 is 34.4 Å². The van der Waals surface area contributed by atoms with Crippen LogP contribution in [0.5, 0.6) is 0 Å². The number of aromatic nitrogens is 3. The lowest BCUT2D eigenvalue weighted by molar-refractivity contribution is -0.136. The highest BCUT2D eigenvalue weighted by atomic mass is 19.4. The summed E-state index contributed by atoms with van der Waals surface area (Å²) in [5, 5.41) is -0.636. The number of carbonyl (C=O) groups excluding carboxylic acids is 1. The van der Waals surface area contributed by atoms with E-state index in [1.54, 1.807) is 4.90 Å². The van der Waals surface area contributed by atoms with Gasteiger partial charge in [0.15, 0.2) is 0 Å². The number of pyridine rings is 1. The van der Waals surface area contributed by atoms with Crippen molar-refractivity contribution in [3.8, 4) is 0 Å². The number of aryl methyl sites for hydroxylation is 1. The summed E-state index contributed by atoms with van der Waals surface area (Å²) < 4.78 is 43.3. The largest absolute Gasteiger partial charge is 0.417 e. The van der Waals surface area contributed by atoms with E-state index in [1.807, 2.05) is 0 Å². The van der Waals surface area contributed by atoms with Gasteiger partial charge in [-0.15, -0.1) is 0 Å². The molecule has 0 unspecified atom stereocenters. The maximum absolute atomic E-state index is 13.9. The van der Waals surface area contributed by atoms with Gasteiger partial charge in [-0.2, -0.15) is 13.2 Å². The fourth-order valence-electron chi connectivity index (χ4n) is 4.92. The number of amides is 1. The molecule has 0 bridgehead atoms. The maximum atomic E-state index is 13.9. The molecule has 168 valence electrons. The molecular formula is C21H25F3N4O3. The average Bonchev–Trinajstić information content (AvgIpc) is 3.41. The molecule has 2 aromatic rings. The maximum Gasteiger partial charge on any atom is 0.417 e. The van der Waals surface area contributed by atoms with Crippen LogP contribution in [0.15, 0.2) is 15.7 Å². The van der Waals surface area contributed by atoms with Crippen LogP contribution in [0.25, 0.3) is 11.0 Å². The summed E-state index contributed by atoms with van der Waals surface area (Å²) in [6.45, 7) is 0.465. The van der Waals surface area contributed by atoms with Gasteiger partial charge >= 0.3 is 11.9 Å². The molecule has 1 atom stereocenters. The molecule has 0 radical (unpaired) electrons. The smallest absolute Gasteiger partial charge is 0.334 e. The normalized spacial score (nSPS) is 20.2. The quantitative estimate of drug-likeness (QED) is 0.739. The van der Waals surface area contributed by atoms with E-state index in [0.29, 0.717) is 36.3 Å². The van der Waals surface area contributed by atoms with Gasteiger partial charge in [-0.25, -0.2) is 9.78 Å². The Bertz CT molecular complexity index is 1150. The fourth-order valence-corrected chi connectivity index (χ4v) is 4.92. The van der Waals surface area contributed by atoms with Gasteiger partial charge < -0.3 is 4.90 Å². The lowest BCUT2D eigenvalue weighted by Gasteiger charge is -2.26. The third kappa shape index (κ3) is 3.76. The minimum absolute atomic E-state index is 0.0669. The summed E-state index contributed by atoms with van der Waals surface area (Å²) in [6.07, 6.45) is 0.954. The second-order valence-corrected chi connectivity index (χ2v) is 8.60. The summed E-state index contributed by atoms with van der Waals surface area (Å²) in [6, 6.07) is 0.276. The molecule has 1 aliphatic heterocycles. The van der Waals surface area contributed by atoms with Crippen molar-refractivity contribution in [2.24, 2.45) is 20.0 Å². The van der Waals surface area contributed by atoms with Crippen molar-refractivity contribution >= 4 is 16.9 Å². The minimum atomic E-state index is -4.81. The van der Waals surface area contributed by atoms with E-state index in [1.165, 1.54) is 7.05 Å². The number of hydrogen-bond donors (Lipinski definition) is 0. The van der Waals surface area contributed by atoms with Crippen molar-refractivity contribution in [1.29, 1.82) is 0 Å². The van der Waals surface area contributed by atoms with Crippen LogP contribution < -0.4 is 11.2 Å². The first kappa shape index (κ1) is 21.6. The number of rotatable bonds is 3. The Morgan fingerprint density at radius 1 is 1.10 bits per heavy atom. The number of fused-ring (bicyclic) bond motifs is 1. The first-order valence-electron chi connectivity index (χ1n) is 10.6. The number of carbonyl (C=O) groups is 1. The van der Waals surface area contributed by atoms with Crippen molar-refractivity contribution in [3.63, 3.8) is 0 Å². The van der Waals surface area contributed by atoms with E-state index >= 15 is 0 Å². The van der Waals surface area contributed by atoms with Crippen LogP contribution in [0.1, 0.15) is 62.2 Å². The van der Waals surface area contributed by atoms with Gasteiger partial charge in [0.1, 0.15) is 5.65 Å². The van der Waals surface area contributed by atoms with Crippen molar-refractivity contribution < 1.29 is 18.0 Å². The van der Waals surface area contributed by atoms with Gasteiger partial charge in [0, 0.05) is 27.1 Å². The Morgan fingerprint density at radius 3 is 2.42 bits per heavy atom. The Labute approximate surface area is 176 Å². The molecule has 3 heterocycles. The van der Waals surface area contributed by atoms with Crippen molar-refractivity contribution in [2.45, 2.75) is 57.2 Å². The number of nitrogens with zero attached hydrogens (tertiary/aromatic N) is 4. The number of hydrogen-bond acceptors (Lipinski definition) is 4. The molecule has 31 heavy (non-hydrogen) atoms. The molecule has 7 nitrogen and oxygen atoms in total. The van der Waals surface area contributed by atoms with E-state index in [0.717, 1.165) is 43.4 Å².